The van der Waals surface area contributed by atoms with Crippen molar-refractivity contribution < 1.29 is 4.79 Å². The Hall–Kier alpha value is -2.95. The third kappa shape index (κ3) is 3.35. The van der Waals surface area contributed by atoms with Crippen LogP contribution in [0, 0.1) is 6.92 Å². The van der Waals surface area contributed by atoms with E-state index >= 15 is 0 Å². The third-order valence-corrected chi connectivity index (χ3v) is 6.23. The van der Waals surface area contributed by atoms with Crippen molar-refractivity contribution in [3.05, 3.63) is 65.1 Å². The molecule has 2 aromatic heterocycles. The summed E-state index contributed by atoms with van der Waals surface area (Å²) in [5, 5.41) is 1.02. The number of pyridine rings is 2. The van der Waals surface area contributed by atoms with Crippen LogP contribution in [0.4, 0.5) is 5.69 Å². The lowest BCUT2D eigenvalue weighted by molar-refractivity contribution is 0.0747. The molecule has 1 aromatic carbocycles. The predicted molar refractivity (Wildman–Crippen MR) is 115 cm³/mol. The zero-order chi connectivity index (χ0) is 19.8. The first-order valence-electron chi connectivity index (χ1n) is 10.6. The van der Waals surface area contributed by atoms with Crippen molar-refractivity contribution in [1.29, 1.82) is 0 Å². The second-order valence-corrected chi connectivity index (χ2v) is 8.12. The van der Waals surface area contributed by atoms with Gasteiger partial charge in [0.2, 0.25) is 0 Å². The molecule has 5 rings (SSSR count). The Kier molecular flexibility index (Phi) is 4.66. The van der Waals surface area contributed by atoms with Crippen LogP contribution in [-0.4, -0.2) is 47.0 Å². The number of anilines is 1. The molecule has 0 N–H and O–H groups in total. The van der Waals surface area contributed by atoms with Gasteiger partial charge in [-0.25, -0.2) is 0 Å². The van der Waals surface area contributed by atoms with E-state index in [2.05, 4.69) is 35.0 Å². The lowest BCUT2D eigenvalue weighted by Crippen LogP contribution is -2.49. The maximum atomic E-state index is 13.7. The largest absolute Gasteiger partial charge is 0.368 e. The van der Waals surface area contributed by atoms with Gasteiger partial charge in [0.05, 0.1) is 11.1 Å². The molecule has 1 saturated heterocycles. The first-order chi connectivity index (χ1) is 14.2. The first-order valence-corrected chi connectivity index (χ1v) is 10.6. The van der Waals surface area contributed by atoms with Crippen LogP contribution in [0.3, 0.4) is 0 Å². The normalized spacial score (nSPS) is 16.7. The molecule has 2 aliphatic rings. The number of carbonyl (C=O) groups excluding carboxylic acids is 1. The molecule has 0 saturated carbocycles. The molecule has 1 aliphatic carbocycles. The van der Waals surface area contributed by atoms with Crippen LogP contribution in [0.1, 0.15) is 40.0 Å². The van der Waals surface area contributed by atoms with Crippen LogP contribution in [-0.2, 0) is 12.8 Å². The zero-order valence-corrected chi connectivity index (χ0v) is 16.9. The summed E-state index contributed by atoms with van der Waals surface area (Å²) in [7, 11) is 0. The van der Waals surface area contributed by atoms with Gasteiger partial charge in [0, 0.05) is 55.3 Å². The Morgan fingerprint density at radius 1 is 0.966 bits per heavy atom. The van der Waals surface area contributed by atoms with Gasteiger partial charge in [-0.2, -0.15) is 0 Å². The molecule has 1 amide bonds. The second-order valence-electron chi connectivity index (χ2n) is 8.12. The molecular weight excluding hydrogens is 360 g/mol. The lowest BCUT2D eigenvalue weighted by Gasteiger charge is -2.36. The van der Waals surface area contributed by atoms with Crippen molar-refractivity contribution in [2.45, 2.75) is 32.6 Å². The van der Waals surface area contributed by atoms with Crippen LogP contribution in [0.15, 0.2) is 42.7 Å². The van der Waals surface area contributed by atoms with Gasteiger partial charge >= 0.3 is 0 Å². The van der Waals surface area contributed by atoms with Crippen molar-refractivity contribution in [3.8, 4) is 0 Å². The molecule has 5 nitrogen and oxygen atoms in total. The van der Waals surface area contributed by atoms with Crippen LogP contribution in [0.25, 0.3) is 10.9 Å². The molecule has 1 aliphatic heterocycles. The van der Waals surface area contributed by atoms with E-state index in [1.54, 1.807) is 0 Å². The highest BCUT2D eigenvalue weighted by atomic mass is 16.2. The minimum Gasteiger partial charge on any atom is -0.368 e. The van der Waals surface area contributed by atoms with Crippen molar-refractivity contribution >= 4 is 22.5 Å². The summed E-state index contributed by atoms with van der Waals surface area (Å²) < 4.78 is 0. The number of carbonyl (C=O) groups is 1. The van der Waals surface area contributed by atoms with E-state index in [-0.39, 0.29) is 5.91 Å². The summed E-state index contributed by atoms with van der Waals surface area (Å²) >= 11 is 0. The summed E-state index contributed by atoms with van der Waals surface area (Å²) in [6.07, 6.45) is 7.90. The highest BCUT2D eigenvalue weighted by Gasteiger charge is 2.28. The maximum absolute atomic E-state index is 13.7. The molecule has 148 valence electrons. The summed E-state index contributed by atoms with van der Waals surface area (Å²) in [6.45, 7) is 5.26. The van der Waals surface area contributed by atoms with E-state index in [0.717, 1.165) is 74.0 Å². The SMILES string of the molecule is Cc1ccc2nc3c(c(C(=O)N4CCN(c5ccncc5)CC4)c2c1)CCCC3. The minimum absolute atomic E-state index is 0.176. The van der Waals surface area contributed by atoms with Crippen LogP contribution in [0.2, 0.25) is 0 Å². The molecule has 0 spiro atoms. The van der Waals surface area contributed by atoms with E-state index in [1.165, 1.54) is 16.8 Å². The Morgan fingerprint density at radius 3 is 2.52 bits per heavy atom. The highest BCUT2D eigenvalue weighted by Crippen LogP contribution is 2.31. The fourth-order valence-electron chi connectivity index (χ4n) is 4.66. The average Bonchev–Trinajstić information content (AvgIpc) is 2.78. The van der Waals surface area contributed by atoms with Gasteiger partial charge in [-0.3, -0.25) is 14.8 Å². The fourth-order valence-corrected chi connectivity index (χ4v) is 4.66. The van der Waals surface area contributed by atoms with Crippen molar-refractivity contribution in [2.24, 2.45) is 0 Å². The maximum Gasteiger partial charge on any atom is 0.255 e. The molecule has 0 atom stereocenters. The minimum atomic E-state index is 0.176. The second kappa shape index (κ2) is 7.47. The fraction of sp³-hybridized carbons (Fsp3) is 0.375. The molecule has 5 heteroatoms. The Morgan fingerprint density at radius 2 is 1.72 bits per heavy atom. The van der Waals surface area contributed by atoms with Gasteiger partial charge in [0.25, 0.3) is 5.91 Å². The zero-order valence-electron chi connectivity index (χ0n) is 16.9. The monoisotopic (exact) mass is 386 g/mol. The van der Waals surface area contributed by atoms with Gasteiger partial charge in [0.1, 0.15) is 0 Å². The first kappa shape index (κ1) is 18.1. The number of aryl methyl sites for hydroxylation is 2. The summed E-state index contributed by atoms with van der Waals surface area (Å²) in [6, 6.07) is 10.4. The standard InChI is InChI=1S/C24H26N4O/c1-17-6-7-22-20(16-17)23(19-4-2-3-5-21(19)26-22)24(29)28-14-12-27(13-15-28)18-8-10-25-11-9-18/h6-11,16H,2-5,12-15H2,1H3. The number of hydrogen-bond acceptors (Lipinski definition) is 4. The number of amides is 1. The number of nitrogens with zero attached hydrogens (tertiary/aromatic N) is 4. The number of hydrogen-bond donors (Lipinski definition) is 0. The Labute approximate surface area is 171 Å². The summed E-state index contributed by atoms with van der Waals surface area (Å²) in [5.74, 6) is 0.176. The van der Waals surface area contributed by atoms with Crippen molar-refractivity contribution in [3.63, 3.8) is 0 Å². The number of aromatic nitrogens is 2. The molecule has 0 radical (unpaired) electrons. The molecule has 29 heavy (non-hydrogen) atoms. The number of benzene rings is 1. The van der Waals surface area contributed by atoms with Crippen LogP contribution < -0.4 is 4.90 Å². The van der Waals surface area contributed by atoms with E-state index in [1.807, 2.05) is 29.4 Å². The Balaban J connectivity index is 1.47. The number of rotatable bonds is 2. The van der Waals surface area contributed by atoms with Crippen molar-refractivity contribution in [1.82, 2.24) is 14.9 Å². The smallest absolute Gasteiger partial charge is 0.255 e. The van der Waals surface area contributed by atoms with Gasteiger partial charge < -0.3 is 9.80 Å². The van der Waals surface area contributed by atoms with Crippen molar-refractivity contribution in [2.75, 3.05) is 31.1 Å². The predicted octanol–water partition coefficient (Wildman–Crippen LogP) is 3.78. The van der Waals surface area contributed by atoms with Gasteiger partial charge in [-0.15, -0.1) is 0 Å². The van der Waals surface area contributed by atoms with Crippen LogP contribution >= 0.6 is 0 Å². The summed E-state index contributed by atoms with van der Waals surface area (Å²) in [5.41, 5.74) is 6.53. The molecule has 3 aromatic rings. The van der Waals surface area contributed by atoms with E-state index in [4.69, 9.17) is 4.98 Å². The highest BCUT2D eigenvalue weighted by molar-refractivity contribution is 6.08. The molecule has 3 heterocycles. The molecule has 0 unspecified atom stereocenters. The molecule has 0 bridgehead atoms. The Bertz CT molecular complexity index is 1060. The van der Waals surface area contributed by atoms with E-state index in [0.29, 0.717) is 0 Å². The van der Waals surface area contributed by atoms with Gasteiger partial charge in [0.15, 0.2) is 0 Å². The quantitative estimate of drug-likeness (QED) is 0.673. The summed E-state index contributed by atoms with van der Waals surface area (Å²) in [4.78, 5) is 27.1. The molecular formula is C24H26N4O. The van der Waals surface area contributed by atoms with Gasteiger partial charge in [-0.05, 0) is 62.4 Å². The average molecular weight is 386 g/mol. The van der Waals surface area contributed by atoms with Gasteiger partial charge in [-0.1, -0.05) is 11.6 Å². The molecule has 1 fully saturated rings. The number of piperazine rings is 1. The van der Waals surface area contributed by atoms with E-state index < -0.39 is 0 Å². The lowest BCUT2D eigenvalue weighted by atomic mass is 9.89. The number of fused-ring (bicyclic) bond motifs is 2. The third-order valence-electron chi connectivity index (χ3n) is 6.23. The van der Waals surface area contributed by atoms with Crippen LogP contribution in [0.5, 0.6) is 0 Å². The topological polar surface area (TPSA) is 49.3 Å². The van der Waals surface area contributed by atoms with E-state index in [9.17, 15) is 4.79 Å².